The van der Waals surface area contributed by atoms with Gasteiger partial charge in [0.05, 0.1) is 11.8 Å². The molecule has 0 aromatic rings. The summed E-state index contributed by atoms with van der Waals surface area (Å²) in [4.78, 5) is 12.3. The number of rotatable bonds is 10. The van der Waals surface area contributed by atoms with Gasteiger partial charge in [0, 0.05) is 15.4 Å². The van der Waals surface area contributed by atoms with Crippen LogP contribution in [0.15, 0.2) is 12.2 Å². The number of ether oxygens (including phenoxy) is 1. The van der Waals surface area contributed by atoms with Crippen LogP contribution in [0.1, 0.15) is 13.3 Å². The Morgan fingerprint density at radius 3 is 1.60 bits per heavy atom. The van der Waals surface area contributed by atoms with Gasteiger partial charge in [-0.15, -0.1) is 0 Å². The van der Waals surface area contributed by atoms with Crippen LogP contribution in [-0.2, 0) is 22.8 Å². The van der Waals surface area contributed by atoms with E-state index in [1.807, 2.05) is 39.3 Å². The molecular weight excluding hydrogens is 385 g/mol. The normalized spacial score (nSPS) is 13.4. The molecule has 0 aromatic heterocycles. The summed E-state index contributed by atoms with van der Waals surface area (Å²) in [5.41, 5.74) is 0.314. The van der Waals surface area contributed by atoms with Crippen molar-refractivity contribution in [1.29, 1.82) is 0 Å². The van der Waals surface area contributed by atoms with E-state index in [0.717, 1.165) is 5.35 Å². The Hall–Kier alpha value is -0.332. The molecule has 0 bridgehead atoms. The minimum atomic E-state index is -2.08. The Labute approximate surface area is 159 Å². The van der Waals surface area contributed by atoms with Gasteiger partial charge in [0.15, 0.2) is 16.6 Å². The monoisotopic (exact) mass is 420 g/mol. The van der Waals surface area contributed by atoms with Gasteiger partial charge in [-0.3, -0.25) is 0 Å². The van der Waals surface area contributed by atoms with Gasteiger partial charge in [-0.1, -0.05) is 6.58 Å². The molecule has 0 amide bonds. The van der Waals surface area contributed by atoms with Gasteiger partial charge < -0.3 is 18.0 Å². The second kappa shape index (κ2) is 8.57. The lowest BCUT2D eigenvalue weighted by Crippen LogP contribution is -2.54. The first-order chi connectivity index (χ1) is 10.8. The van der Waals surface area contributed by atoms with Crippen molar-refractivity contribution in [2.75, 3.05) is 0 Å². The Bertz CT molecular complexity index is 496. The molecule has 0 N–H and O–H groups in total. The van der Waals surface area contributed by atoms with Crippen LogP contribution in [0.25, 0.3) is 0 Å². The molecule has 0 heterocycles. The minimum Gasteiger partial charge on any atom is -0.552 e. The molecule has 0 aliphatic rings. The third-order valence-electron chi connectivity index (χ3n) is 2.38. The van der Waals surface area contributed by atoms with Crippen LogP contribution in [0.5, 0.6) is 0 Å². The lowest BCUT2D eigenvalue weighted by Gasteiger charge is -2.42. The predicted octanol–water partition coefficient (Wildman–Crippen LogP) is 3.47. The predicted molar refractivity (Wildman–Crippen MR) is 115 cm³/mol. The number of carbonyl (C=O) groups excluding carboxylic acids is 1. The topological polar surface area (TPSA) is 54.0 Å². The van der Waals surface area contributed by atoms with Crippen molar-refractivity contribution in [3.8, 4) is 0 Å². The van der Waals surface area contributed by atoms with Gasteiger partial charge in [0.2, 0.25) is 8.32 Å². The van der Waals surface area contributed by atoms with Gasteiger partial charge in [-0.05, 0) is 65.8 Å². The Morgan fingerprint density at radius 1 is 0.920 bits per heavy atom. The highest BCUT2D eigenvalue weighted by atomic mass is 28.4. The molecule has 0 saturated heterocycles. The van der Waals surface area contributed by atoms with Crippen LogP contribution in [0, 0.1) is 0 Å². The van der Waals surface area contributed by atoms with Crippen LogP contribution < -0.4 is 0 Å². The molecule has 0 saturated carbocycles. The molecule has 0 aromatic carbocycles. The van der Waals surface area contributed by atoms with Gasteiger partial charge >= 0.3 is 11.9 Å². The van der Waals surface area contributed by atoms with Crippen molar-refractivity contribution in [3.63, 3.8) is 0 Å². The molecule has 0 aliphatic carbocycles. The maximum absolute atomic E-state index is 12.3. The fourth-order valence-electron chi connectivity index (χ4n) is 2.04. The van der Waals surface area contributed by atoms with Crippen molar-refractivity contribution in [2.45, 2.75) is 78.2 Å². The van der Waals surface area contributed by atoms with Gasteiger partial charge in [-0.25, -0.2) is 4.79 Å². The van der Waals surface area contributed by atoms with Gasteiger partial charge in [-0.2, -0.15) is 0 Å². The summed E-state index contributed by atoms with van der Waals surface area (Å²) >= 11 is 0. The highest BCUT2D eigenvalue weighted by Crippen LogP contribution is 2.31. The largest absolute Gasteiger partial charge is 0.552 e. The van der Waals surface area contributed by atoms with E-state index in [-0.39, 0.29) is 6.42 Å². The lowest BCUT2D eigenvalue weighted by atomic mass is 10.3. The molecule has 0 fully saturated rings. The third-order valence-corrected chi connectivity index (χ3v) is 5.82. The molecular formula is C16H36O5Si4. The number of carbonyl (C=O) groups is 1. The Balaban J connectivity index is 5.84. The van der Waals surface area contributed by atoms with E-state index in [1.54, 1.807) is 16.8 Å². The molecule has 0 aliphatic heterocycles. The summed E-state index contributed by atoms with van der Waals surface area (Å²) in [6.07, 6.45) is 0.267. The Kier molecular flexibility index (Phi) is 8.46. The molecule has 5 nitrogen and oxygen atoms in total. The fraction of sp³-hybridized carbons (Fsp3) is 0.750. The summed E-state index contributed by atoms with van der Waals surface area (Å²) < 4.78 is 24.4. The van der Waals surface area contributed by atoms with Crippen LogP contribution in [0.4, 0.5) is 0 Å². The zero-order chi connectivity index (χ0) is 20.3. The number of esters is 1. The van der Waals surface area contributed by atoms with E-state index in [1.165, 1.54) is 0 Å². The van der Waals surface area contributed by atoms with Gasteiger partial charge in [0.25, 0.3) is 0 Å². The lowest BCUT2D eigenvalue weighted by molar-refractivity contribution is -0.289. The third kappa shape index (κ3) is 11.8. The van der Waals surface area contributed by atoms with Crippen LogP contribution >= 0.6 is 0 Å². The van der Waals surface area contributed by atoms with Crippen LogP contribution in [0.3, 0.4) is 0 Å². The van der Waals surface area contributed by atoms with E-state index >= 15 is 0 Å². The quantitative estimate of drug-likeness (QED) is 0.234. The van der Waals surface area contributed by atoms with Crippen molar-refractivity contribution >= 4 is 46.1 Å². The first-order valence-electron chi connectivity index (χ1n) is 8.50. The summed E-state index contributed by atoms with van der Waals surface area (Å²) in [7, 11) is -4.29. The van der Waals surface area contributed by atoms with E-state index < -0.39 is 36.9 Å². The van der Waals surface area contributed by atoms with Crippen molar-refractivity contribution in [3.05, 3.63) is 12.2 Å². The summed E-state index contributed by atoms with van der Waals surface area (Å²) in [5.74, 6) is -1.97. The zero-order valence-corrected chi connectivity index (χ0v) is 22.1. The Morgan fingerprint density at radius 2 is 1.32 bits per heavy atom. The van der Waals surface area contributed by atoms with Crippen molar-refractivity contribution < 1.29 is 22.8 Å². The molecule has 146 valence electrons. The second-order valence-electron chi connectivity index (χ2n) is 9.21. The average molecular weight is 421 g/mol. The molecule has 25 heavy (non-hydrogen) atoms. The minimum absolute atomic E-state index is 0.267. The summed E-state index contributed by atoms with van der Waals surface area (Å²) in [6.45, 7) is 23.9. The highest BCUT2D eigenvalue weighted by molar-refractivity contribution is 6.72. The first-order valence-corrected chi connectivity index (χ1v) is 19.4. The van der Waals surface area contributed by atoms with E-state index in [0.29, 0.717) is 5.57 Å². The number of hydrogen-bond acceptors (Lipinski definition) is 5. The molecule has 9 heteroatoms. The maximum Gasteiger partial charge on any atom is 0.337 e. The smallest absolute Gasteiger partial charge is 0.337 e. The van der Waals surface area contributed by atoms with Crippen molar-refractivity contribution in [2.24, 2.45) is 0 Å². The van der Waals surface area contributed by atoms with Crippen molar-refractivity contribution in [1.82, 2.24) is 0 Å². The summed E-state index contributed by atoms with van der Waals surface area (Å²) in [5, 5.41) is 0.783. The fourth-order valence-corrected chi connectivity index (χ4v) is 6.85. The molecule has 0 radical (unpaired) electrons. The molecule has 0 spiro atoms. The van der Waals surface area contributed by atoms with Crippen LogP contribution in [0.2, 0.25) is 58.9 Å². The molecule has 0 rings (SSSR count). The number of hydrogen-bond donors (Lipinski definition) is 0. The SMILES string of the molecule is C=C(C)C(=O)OC(CC(=[SiH2])O[Si](C)(C)C)(O[Si](C)(C)C)O[Si](C)(C)C. The standard InChI is InChI=1S/C16H36O5Si4/c1-13(2)15(17)18-16(20-24(6,7)8,21-25(9,10)11)12-14(22)19-23(3,4)5/h1,12,22H2,2-11H3. The summed E-state index contributed by atoms with van der Waals surface area (Å²) in [6, 6.07) is 0. The highest BCUT2D eigenvalue weighted by Gasteiger charge is 2.45. The van der Waals surface area contributed by atoms with E-state index in [9.17, 15) is 4.79 Å². The maximum atomic E-state index is 12.3. The van der Waals surface area contributed by atoms with Crippen LogP contribution in [-0.4, -0.2) is 52.1 Å². The first kappa shape index (κ1) is 24.7. The van der Waals surface area contributed by atoms with Gasteiger partial charge in [0.1, 0.15) is 0 Å². The second-order valence-corrected chi connectivity index (χ2v) is 23.3. The van der Waals surface area contributed by atoms with E-state index in [4.69, 9.17) is 18.0 Å². The van der Waals surface area contributed by atoms with E-state index in [2.05, 4.69) is 26.2 Å². The molecule has 0 atom stereocenters. The zero-order valence-electron chi connectivity index (χ0n) is 17.7. The molecule has 0 unspecified atom stereocenters. The average Bonchev–Trinajstić information content (AvgIpc) is 2.18.